The Kier molecular flexibility index (Phi) is 15.0. The Balaban J connectivity index is 1.56. The lowest BCUT2D eigenvalue weighted by Gasteiger charge is -2.39. The first-order valence-corrected chi connectivity index (χ1v) is 24.8. The number of rotatable bonds is 21. The van der Waals surface area contributed by atoms with E-state index in [0.717, 1.165) is 17.1 Å². The van der Waals surface area contributed by atoms with E-state index in [1.54, 1.807) is 0 Å². The number of fused-ring (bicyclic) bond motifs is 2. The molecule has 0 saturated carbocycles. The quantitative estimate of drug-likeness (QED) is 0.0925. The van der Waals surface area contributed by atoms with Gasteiger partial charge in [0.2, 0.25) is 11.1 Å². The summed E-state index contributed by atoms with van der Waals surface area (Å²) in [5, 5.41) is 0. The standard InChI is InChI=1S/C54H92N4O2/c1-17-29-57(30-18-2,31-19-3)35-23-25-42(26-24-36-58(32-20-4,33-21-5)34-22-6)43-27-28-48-44(37-43)40-55-52(13,14)53(15,16)56-41-45-38-46(50(7,8)9)39-47(51(10,11)12)49(45)60-54(55,56)59-48/h27-28,37-42H,17-26,29-36H2,1-16H3/q+4. The molecule has 6 nitrogen and oxygen atoms in total. The van der Waals surface area contributed by atoms with Crippen LogP contribution in [0.15, 0.2) is 30.3 Å². The van der Waals surface area contributed by atoms with Crippen molar-refractivity contribution in [3.63, 3.8) is 0 Å². The lowest BCUT2D eigenvalue weighted by atomic mass is 9.78. The molecule has 0 bridgehead atoms. The molecule has 3 heterocycles. The van der Waals surface area contributed by atoms with Gasteiger partial charge in [0.1, 0.15) is 0 Å². The van der Waals surface area contributed by atoms with Crippen LogP contribution in [0.25, 0.3) is 0 Å². The van der Waals surface area contributed by atoms with Crippen LogP contribution in [0, 0.1) is 0 Å². The Bertz CT molecular complexity index is 1770. The highest BCUT2D eigenvalue weighted by atomic mass is 16.7. The SMILES string of the molecule is CCC[N+](CCC)(CCC)CCCC(CCC[N+](CCC)(CCC)CCC)c1ccc2c(c1)C=[N+]1C3(O2)Oc2c(cc(C(C)(C)C)cc2C(C)(C)C)C=[N+]3C(C)(C)C1(C)C. The fourth-order valence-corrected chi connectivity index (χ4v) is 11.5. The van der Waals surface area contributed by atoms with Crippen molar-refractivity contribution in [1.29, 1.82) is 0 Å². The first-order valence-electron chi connectivity index (χ1n) is 24.8. The molecule has 0 aliphatic carbocycles. The van der Waals surface area contributed by atoms with E-state index in [0.29, 0.717) is 5.92 Å². The number of benzene rings is 2. The molecule has 0 aromatic heterocycles. The molecule has 0 radical (unpaired) electrons. The summed E-state index contributed by atoms with van der Waals surface area (Å²) >= 11 is 0. The van der Waals surface area contributed by atoms with Crippen LogP contribution >= 0.6 is 0 Å². The van der Waals surface area contributed by atoms with E-state index in [1.165, 1.54) is 148 Å². The van der Waals surface area contributed by atoms with E-state index in [-0.39, 0.29) is 21.9 Å². The average molecular weight is 829 g/mol. The number of hydrogen-bond donors (Lipinski definition) is 0. The van der Waals surface area contributed by atoms with Gasteiger partial charge in [-0.05, 0) is 110 Å². The van der Waals surface area contributed by atoms with Gasteiger partial charge < -0.3 is 18.4 Å². The lowest BCUT2D eigenvalue weighted by Crippen LogP contribution is -2.61. The highest BCUT2D eigenvalue weighted by Gasteiger charge is 2.83. The van der Waals surface area contributed by atoms with Gasteiger partial charge in [0.15, 0.2) is 23.9 Å². The summed E-state index contributed by atoms with van der Waals surface area (Å²) in [6, 6.07) is 10.8. The number of hydrogen-bond acceptors (Lipinski definition) is 2. The molecule has 1 saturated heterocycles. The highest BCUT2D eigenvalue weighted by molar-refractivity contribution is 5.84. The maximum Gasteiger partial charge on any atom is 0.705 e. The van der Waals surface area contributed by atoms with Gasteiger partial charge in [-0.3, -0.25) is 0 Å². The molecule has 0 amide bonds. The van der Waals surface area contributed by atoms with Crippen molar-refractivity contribution in [2.45, 2.75) is 209 Å². The molecule has 2 aromatic carbocycles. The van der Waals surface area contributed by atoms with Crippen molar-refractivity contribution < 1.29 is 27.6 Å². The van der Waals surface area contributed by atoms with Gasteiger partial charge in [0.25, 0.3) is 0 Å². The van der Waals surface area contributed by atoms with Crippen molar-refractivity contribution in [3.05, 3.63) is 58.1 Å². The van der Waals surface area contributed by atoms with Crippen LogP contribution in [0.2, 0.25) is 0 Å². The van der Waals surface area contributed by atoms with Gasteiger partial charge >= 0.3 is 6.03 Å². The molecular weight excluding hydrogens is 737 g/mol. The predicted octanol–water partition coefficient (Wildman–Crippen LogP) is 12.5. The van der Waals surface area contributed by atoms with Gasteiger partial charge in [0, 0.05) is 33.3 Å². The maximum absolute atomic E-state index is 7.43. The average Bonchev–Trinajstić information content (AvgIpc) is 3.28. The van der Waals surface area contributed by atoms with E-state index >= 15 is 0 Å². The van der Waals surface area contributed by atoms with E-state index in [9.17, 15) is 0 Å². The maximum atomic E-state index is 7.43. The summed E-state index contributed by atoms with van der Waals surface area (Å²) < 4.78 is 22.1. The van der Waals surface area contributed by atoms with Crippen molar-refractivity contribution in [2.75, 3.05) is 52.4 Å². The lowest BCUT2D eigenvalue weighted by molar-refractivity contribution is -0.928. The van der Waals surface area contributed by atoms with Gasteiger partial charge in [0.05, 0.1) is 63.5 Å². The molecule has 2 aromatic rings. The second kappa shape index (κ2) is 18.6. The summed E-state index contributed by atoms with van der Waals surface area (Å²) in [5.41, 5.74) is 5.61. The minimum Gasteiger partial charge on any atom is -0.341 e. The van der Waals surface area contributed by atoms with Gasteiger partial charge in [-0.1, -0.05) is 104 Å². The third-order valence-electron chi connectivity index (χ3n) is 15.2. The molecule has 3 aliphatic heterocycles. The summed E-state index contributed by atoms with van der Waals surface area (Å²) in [6.45, 7) is 48.0. The molecule has 336 valence electrons. The zero-order valence-electron chi connectivity index (χ0n) is 42.0. The first kappa shape index (κ1) is 48.3. The zero-order valence-corrected chi connectivity index (χ0v) is 42.0. The normalized spacial score (nSPS) is 19.5. The van der Waals surface area contributed by atoms with Crippen LogP contribution in [-0.2, 0) is 10.8 Å². The third-order valence-corrected chi connectivity index (χ3v) is 15.2. The molecule has 5 rings (SSSR count). The Morgan fingerprint density at radius 1 is 0.550 bits per heavy atom. The number of ether oxygens (including phenoxy) is 2. The van der Waals surface area contributed by atoms with Gasteiger partial charge in [-0.2, -0.15) is 0 Å². The minimum absolute atomic E-state index is 0.0129. The van der Waals surface area contributed by atoms with Crippen LogP contribution < -0.4 is 9.47 Å². The van der Waals surface area contributed by atoms with Crippen LogP contribution in [0.3, 0.4) is 0 Å². The van der Waals surface area contributed by atoms with Crippen LogP contribution in [-0.4, -0.2) is 100 Å². The molecule has 1 fully saturated rings. The molecule has 1 unspecified atom stereocenters. The number of nitrogens with zero attached hydrogens (tertiary/aromatic N) is 4. The summed E-state index contributed by atoms with van der Waals surface area (Å²) in [7, 11) is 0. The van der Waals surface area contributed by atoms with Crippen molar-refractivity contribution >= 4 is 12.4 Å². The predicted molar refractivity (Wildman–Crippen MR) is 256 cm³/mol. The third kappa shape index (κ3) is 9.46. The monoisotopic (exact) mass is 829 g/mol. The van der Waals surface area contributed by atoms with Gasteiger partial charge in [-0.15, -0.1) is 0 Å². The molecule has 1 spiro atoms. The van der Waals surface area contributed by atoms with Gasteiger partial charge in [-0.25, -0.2) is 0 Å². The van der Waals surface area contributed by atoms with Crippen molar-refractivity contribution in [3.8, 4) is 11.5 Å². The molecule has 3 aliphatic rings. The fraction of sp³-hybridized carbons (Fsp3) is 0.741. The second-order valence-electron chi connectivity index (χ2n) is 22.6. The second-order valence-corrected chi connectivity index (χ2v) is 22.6. The molecule has 6 heteroatoms. The summed E-state index contributed by atoms with van der Waals surface area (Å²) in [5.74, 6) is 2.36. The topological polar surface area (TPSA) is 24.5 Å². The van der Waals surface area contributed by atoms with Crippen molar-refractivity contribution in [2.24, 2.45) is 0 Å². The van der Waals surface area contributed by atoms with Crippen LogP contribution in [0.5, 0.6) is 11.5 Å². The van der Waals surface area contributed by atoms with E-state index in [2.05, 4.69) is 163 Å². The Hall–Kier alpha value is -2.70. The van der Waals surface area contributed by atoms with Crippen LogP contribution in [0.4, 0.5) is 0 Å². The fourth-order valence-electron chi connectivity index (χ4n) is 11.5. The Morgan fingerprint density at radius 3 is 1.42 bits per heavy atom. The molecule has 0 N–H and O–H groups in total. The molecule has 1 atom stereocenters. The smallest absolute Gasteiger partial charge is 0.341 e. The summed E-state index contributed by atoms with van der Waals surface area (Å²) in [4.78, 5) is 0. The Labute approximate surface area is 369 Å². The minimum atomic E-state index is -1.13. The molecular formula is C54H92N4O2+4. The first-order chi connectivity index (χ1) is 28.1. The largest absolute Gasteiger partial charge is 0.705 e. The summed E-state index contributed by atoms with van der Waals surface area (Å²) in [6.07, 6.45) is 17.4. The highest BCUT2D eigenvalue weighted by Crippen LogP contribution is 2.51. The Morgan fingerprint density at radius 2 is 1.00 bits per heavy atom. The van der Waals surface area contributed by atoms with E-state index in [1.807, 2.05) is 0 Å². The van der Waals surface area contributed by atoms with E-state index < -0.39 is 6.03 Å². The number of quaternary nitrogens is 2. The zero-order chi connectivity index (χ0) is 44.4. The van der Waals surface area contributed by atoms with E-state index in [4.69, 9.17) is 9.47 Å². The van der Waals surface area contributed by atoms with Crippen molar-refractivity contribution in [1.82, 2.24) is 0 Å². The molecule has 60 heavy (non-hydrogen) atoms. The van der Waals surface area contributed by atoms with Crippen LogP contribution in [0.1, 0.15) is 209 Å².